The van der Waals surface area contributed by atoms with Crippen LogP contribution >= 0.6 is 0 Å². The maximum atomic E-state index is 12.2. The molecule has 5 nitrogen and oxygen atoms in total. The molecule has 0 saturated carbocycles. The molecule has 0 aromatic carbocycles. The van der Waals surface area contributed by atoms with Gasteiger partial charge in [-0.2, -0.15) is 4.31 Å². The van der Waals surface area contributed by atoms with Gasteiger partial charge in [-0.25, -0.2) is 16.8 Å². The van der Waals surface area contributed by atoms with Crippen molar-refractivity contribution in [3.8, 4) is 12.3 Å². The van der Waals surface area contributed by atoms with Crippen molar-refractivity contribution in [2.45, 2.75) is 25.0 Å². The minimum atomic E-state index is -3.46. The zero-order chi connectivity index (χ0) is 13.1. The molecular weight excluding hydrogens is 262 g/mol. The van der Waals surface area contributed by atoms with E-state index in [9.17, 15) is 16.8 Å². The highest BCUT2D eigenvalue weighted by atomic mass is 32.2. The highest BCUT2D eigenvalue weighted by molar-refractivity contribution is 7.92. The Balaban J connectivity index is 2.82. The van der Waals surface area contributed by atoms with E-state index in [2.05, 4.69) is 5.92 Å². The van der Waals surface area contributed by atoms with E-state index >= 15 is 0 Å². The second-order valence-electron chi connectivity index (χ2n) is 4.03. The van der Waals surface area contributed by atoms with E-state index in [1.807, 2.05) is 0 Å². The number of sulfone groups is 1. The molecule has 17 heavy (non-hydrogen) atoms. The first-order valence-corrected chi connectivity index (χ1v) is 8.79. The van der Waals surface area contributed by atoms with Crippen molar-refractivity contribution in [2.75, 3.05) is 24.6 Å². The molecule has 0 spiro atoms. The molecule has 0 amide bonds. The van der Waals surface area contributed by atoms with Crippen LogP contribution in [0.25, 0.3) is 0 Å². The number of terminal acetylenes is 1. The molecule has 0 aromatic rings. The number of nitrogens with zero attached hydrogens (tertiary/aromatic N) is 1. The predicted octanol–water partition coefficient (Wildman–Crippen LogP) is -0.151. The van der Waals surface area contributed by atoms with Crippen molar-refractivity contribution in [1.29, 1.82) is 0 Å². The maximum absolute atomic E-state index is 12.2. The van der Waals surface area contributed by atoms with E-state index in [1.165, 1.54) is 4.31 Å². The van der Waals surface area contributed by atoms with Crippen molar-refractivity contribution in [3.05, 3.63) is 0 Å². The Bertz CT molecular complexity index is 487. The standard InChI is InChI=1S/C10H17NO4S2/c1-3-7-11(4-2)17(14,15)10-5-8-16(12,13)9-6-10/h1,10H,4-9H2,2H3. The van der Waals surface area contributed by atoms with Crippen molar-refractivity contribution < 1.29 is 16.8 Å². The van der Waals surface area contributed by atoms with Gasteiger partial charge in [0.2, 0.25) is 10.0 Å². The molecule has 0 aromatic heterocycles. The first-order chi connectivity index (χ1) is 7.83. The number of hydrogen-bond acceptors (Lipinski definition) is 4. The smallest absolute Gasteiger partial charge is 0.217 e. The molecule has 0 aliphatic carbocycles. The normalized spacial score (nSPS) is 21.2. The van der Waals surface area contributed by atoms with Gasteiger partial charge in [0.25, 0.3) is 0 Å². The van der Waals surface area contributed by atoms with E-state index < -0.39 is 25.1 Å². The predicted molar refractivity (Wildman–Crippen MR) is 66.7 cm³/mol. The lowest BCUT2D eigenvalue weighted by Crippen LogP contribution is -2.42. The summed E-state index contributed by atoms with van der Waals surface area (Å²) in [5.41, 5.74) is 0. The zero-order valence-corrected chi connectivity index (χ0v) is 11.4. The fraction of sp³-hybridized carbons (Fsp3) is 0.800. The van der Waals surface area contributed by atoms with Crippen LogP contribution in [0.2, 0.25) is 0 Å². The van der Waals surface area contributed by atoms with E-state index in [0.717, 1.165) is 0 Å². The second-order valence-corrected chi connectivity index (χ2v) is 8.54. The van der Waals surface area contributed by atoms with Crippen LogP contribution in [0.15, 0.2) is 0 Å². The molecule has 0 bridgehead atoms. The van der Waals surface area contributed by atoms with Crippen LogP contribution in [0.3, 0.4) is 0 Å². The summed E-state index contributed by atoms with van der Waals surface area (Å²) in [5.74, 6) is 2.21. The van der Waals surface area contributed by atoms with Crippen LogP contribution in [0, 0.1) is 12.3 Å². The summed E-state index contributed by atoms with van der Waals surface area (Å²) in [6.07, 6.45) is 5.47. The molecule has 1 fully saturated rings. The van der Waals surface area contributed by atoms with Crippen molar-refractivity contribution in [1.82, 2.24) is 4.31 Å². The van der Waals surface area contributed by atoms with Crippen LogP contribution < -0.4 is 0 Å². The van der Waals surface area contributed by atoms with E-state index in [4.69, 9.17) is 6.42 Å². The Morgan fingerprint density at radius 2 is 1.88 bits per heavy atom. The van der Waals surface area contributed by atoms with Gasteiger partial charge in [0.1, 0.15) is 9.84 Å². The monoisotopic (exact) mass is 279 g/mol. The first kappa shape index (κ1) is 14.5. The van der Waals surface area contributed by atoms with Gasteiger partial charge in [-0.15, -0.1) is 6.42 Å². The van der Waals surface area contributed by atoms with E-state index in [1.54, 1.807) is 6.92 Å². The highest BCUT2D eigenvalue weighted by Crippen LogP contribution is 2.22. The fourth-order valence-corrected chi connectivity index (χ4v) is 5.52. The average Bonchev–Trinajstić information content (AvgIpc) is 2.25. The first-order valence-electron chi connectivity index (χ1n) is 5.46. The van der Waals surface area contributed by atoms with Crippen molar-refractivity contribution >= 4 is 19.9 Å². The number of rotatable bonds is 4. The molecule has 1 saturated heterocycles. The van der Waals surface area contributed by atoms with Gasteiger partial charge in [0, 0.05) is 6.54 Å². The van der Waals surface area contributed by atoms with Gasteiger partial charge < -0.3 is 0 Å². The van der Waals surface area contributed by atoms with Crippen LogP contribution in [0.4, 0.5) is 0 Å². The highest BCUT2D eigenvalue weighted by Gasteiger charge is 2.35. The van der Waals surface area contributed by atoms with Crippen molar-refractivity contribution in [2.24, 2.45) is 0 Å². The molecule has 0 N–H and O–H groups in total. The molecule has 0 unspecified atom stereocenters. The summed E-state index contributed by atoms with van der Waals surface area (Å²) < 4.78 is 48.0. The van der Waals surface area contributed by atoms with E-state index in [0.29, 0.717) is 6.54 Å². The summed E-state index contributed by atoms with van der Waals surface area (Å²) in [6, 6.07) is 0. The fourth-order valence-electron chi connectivity index (χ4n) is 1.86. The van der Waals surface area contributed by atoms with Gasteiger partial charge in [-0.1, -0.05) is 12.8 Å². The Morgan fingerprint density at radius 3 is 2.29 bits per heavy atom. The third-order valence-corrected chi connectivity index (χ3v) is 7.04. The SMILES string of the molecule is C#CCN(CC)S(=O)(=O)C1CCS(=O)(=O)CC1. The van der Waals surface area contributed by atoms with Crippen LogP contribution in [-0.4, -0.2) is 51.0 Å². The molecule has 1 aliphatic heterocycles. The number of sulfonamides is 1. The van der Waals surface area contributed by atoms with E-state index in [-0.39, 0.29) is 30.9 Å². The van der Waals surface area contributed by atoms with Gasteiger partial charge in [-0.05, 0) is 12.8 Å². The van der Waals surface area contributed by atoms with Crippen LogP contribution in [0.5, 0.6) is 0 Å². The quantitative estimate of drug-likeness (QED) is 0.671. The van der Waals surface area contributed by atoms with Crippen molar-refractivity contribution in [3.63, 3.8) is 0 Å². The van der Waals surface area contributed by atoms with Gasteiger partial charge in [0.05, 0.1) is 23.3 Å². The third kappa shape index (κ3) is 3.44. The maximum Gasteiger partial charge on any atom is 0.217 e. The Morgan fingerprint density at radius 1 is 1.35 bits per heavy atom. The molecule has 0 atom stereocenters. The average molecular weight is 279 g/mol. The molecule has 1 heterocycles. The van der Waals surface area contributed by atoms with Gasteiger partial charge in [-0.3, -0.25) is 0 Å². The Labute approximate surface area is 103 Å². The minimum Gasteiger partial charge on any atom is -0.229 e. The summed E-state index contributed by atoms with van der Waals surface area (Å²) in [7, 11) is -6.50. The molecule has 7 heteroatoms. The molecule has 1 rings (SSSR count). The molecule has 98 valence electrons. The topological polar surface area (TPSA) is 71.5 Å². The third-order valence-electron chi connectivity index (χ3n) is 2.90. The molecule has 0 radical (unpaired) electrons. The van der Waals surface area contributed by atoms with Gasteiger partial charge >= 0.3 is 0 Å². The van der Waals surface area contributed by atoms with Gasteiger partial charge in [0.15, 0.2) is 0 Å². The Hall–Kier alpha value is -0.580. The summed E-state index contributed by atoms with van der Waals surface area (Å²) in [4.78, 5) is 0. The lowest BCUT2D eigenvalue weighted by atomic mass is 10.2. The number of hydrogen-bond donors (Lipinski definition) is 0. The zero-order valence-electron chi connectivity index (χ0n) is 9.79. The Kier molecular flexibility index (Phi) is 4.58. The molecule has 1 aliphatic rings. The second kappa shape index (κ2) is 5.38. The molecular formula is C10H17NO4S2. The summed E-state index contributed by atoms with van der Waals surface area (Å²) in [5, 5.41) is -0.612. The van der Waals surface area contributed by atoms with Crippen LogP contribution in [0.1, 0.15) is 19.8 Å². The largest absolute Gasteiger partial charge is 0.229 e. The lowest BCUT2D eigenvalue weighted by molar-refractivity contribution is 0.446. The minimum absolute atomic E-state index is 0.0437. The summed E-state index contributed by atoms with van der Waals surface area (Å²) >= 11 is 0. The summed E-state index contributed by atoms with van der Waals surface area (Å²) in [6.45, 7) is 2.08. The van der Waals surface area contributed by atoms with Crippen LogP contribution in [-0.2, 0) is 19.9 Å². The lowest BCUT2D eigenvalue weighted by Gasteiger charge is -2.27.